The zero-order chi connectivity index (χ0) is 32.9. The summed E-state index contributed by atoms with van der Waals surface area (Å²) in [6, 6.07) is 17.0. The summed E-state index contributed by atoms with van der Waals surface area (Å²) in [5, 5.41) is 33.0. The van der Waals surface area contributed by atoms with Crippen LogP contribution in [0.25, 0.3) is 10.8 Å². The summed E-state index contributed by atoms with van der Waals surface area (Å²) in [5.74, 6) is -0.00736. The average Bonchev–Trinajstić information content (AvgIpc) is 3.10. The van der Waals surface area contributed by atoms with Crippen LogP contribution in [0.15, 0.2) is 49.1 Å². The van der Waals surface area contributed by atoms with Gasteiger partial charge in [-0.1, -0.05) is 36.9 Å². The molecule has 2 saturated heterocycles. The highest BCUT2D eigenvalue weighted by molar-refractivity contribution is 5.97. The molecular weight excluding hydrogens is 594 g/mol. The first-order valence-corrected chi connectivity index (χ1v) is 16.3. The molecule has 0 radical (unpaired) electrons. The Morgan fingerprint density at radius 2 is 1.94 bits per heavy atom. The molecule has 11 heteroatoms. The van der Waals surface area contributed by atoms with Gasteiger partial charge in [0.15, 0.2) is 0 Å². The minimum atomic E-state index is -0.590. The largest absolute Gasteiger partial charge is 0.470 e. The number of nitriles is 2. The topological polar surface area (TPSA) is 129 Å². The molecule has 47 heavy (non-hydrogen) atoms. The third kappa shape index (κ3) is 6.61. The number of ether oxygens (including phenoxy) is 2. The van der Waals surface area contributed by atoms with Crippen LogP contribution in [-0.2, 0) is 22.5 Å². The predicted octanol–water partition coefficient (Wildman–Crippen LogP) is 3.17. The van der Waals surface area contributed by atoms with E-state index in [1.807, 2.05) is 0 Å². The molecule has 2 unspecified atom stereocenters. The highest BCUT2D eigenvalue weighted by atomic mass is 16.5. The third-order valence-corrected chi connectivity index (χ3v) is 9.47. The maximum Gasteiger partial charge on any atom is 0.246 e. The maximum absolute atomic E-state index is 12.7. The van der Waals surface area contributed by atoms with Gasteiger partial charge < -0.3 is 29.3 Å². The van der Waals surface area contributed by atoms with Gasteiger partial charge in [0.25, 0.3) is 0 Å². The molecule has 244 valence electrons. The minimum Gasteiger partial charge on any atom is -0.470 e. The number of aryl methyl sites for hydroxylation is 1. The predicted molar refractivity (Wildman–Crippen MR) is 179 cm³/mol. The van der Waals surface area contributed by atoms with E-state index in [1.54, 1.807) is 4.90 Å². The van der Waals surface area contributed by atoms with Crippen LogP contribution in [0.5, 0.6) is 5.88 Å². The van der Waals surface area contributed by atoms with Crippen molar-refractivity contribution in [1.29, 1.82) is 10.5 Å². The van der Waals surface area contributed by atoms with Crippen molar-refractivity contribution < 1.29 is 19.4 Å². The molecule has 1 N–H and O–H groups in total. The molecule has 6 rings (SSSR count). The first kappa shape index (κ1) is 32.3. The molecule has 2 aromatic carbocycles. The van der Waals surface area contributed by atoms with E-state index in [2.05, 4.69) is 76.7 Å². The van der Waals surface area contributed by atoms with E-state index >= 15 is 0 Å². The van der Waals surface area contributed by atoms with Gasteiger partial charge in [-0.25, -0.2) is 4.98 Å². The van der Waals surface area contributed by atoms with Crippen LogP contribution in [0.4, 0.5) is 11.4 Å². The summed E-state index contributed by atoms with van der Waals surface area (Å²) in [7, 11) is 0. The van der Waals surface area contributed by atoms with Gasteiger partial charge in [-0.3, -0.25) is 9.69 Å². The number of benzene rings is 2. The van der Waals surface area contributed by atoms with Gasteiger partial charge in [0, 0.05) is 62.5 Å². The molecule has 0 bridgehead atoms. The van der Waals surface area contributed by atoms with Crippen molar-refractivity contribution in [3.05, 3.63) is 71.4 Å². The number of piperazine rings is 1. The van der Waals surface area contributed by atoms with Crippen molar-refractivity contribution in [3.63, 3.8) is 0 Å². The molecule has 1 amide bonds. The third-order valence-electron chi connectivity index (χ3n) is 9.47. The number of carbonyl (C=O) groups is 1. The molecule has 2 atom stereocenters. The van der Waals surface area contributed by atoms with Crippen LogP contribution in [-0.4, -0.2) is 104 Å². The lowest BCUT2D eigenvalue weighted by Gasteiger charge is -2.43. The quantitative estimate of drug-likeness (QED) is 0.350. The van der Waals surface area contributed by atoms with E-state index in [0.29, 0.717) is 57.9 Å². The number of pyridine rings is 1. The Hall–Kier alpha value is -4.68. The summed E-state index contributed by atoms with van der Waals surface area (Å²) in [6.07, 6.45) is 1.51. The number of nitrogens with zero attached hydrogens (tertiary/aromatic N) is 7. The Labute approximate surface area is 275 Å². The van der Waals surface area contributed by atoms with Gasteiger partial charge in [-0.2, -0.15) is 10.5 Å². The number of aromatic nitrogens is 1. The number of rotatable bonds is 9. The number of anilines is 2. The normalized spacial score (nSPS) is 19.1. The van der Waals surface area contributed by atoms with Gasteiger partial charge in [-0.15, -0.1) is 0 Å². The number of hydrogen-bond donors (Lipinski definition) is 1. The van der Waals surface area contributed by atoms with E-state index in [4.69, 9.17) is 14.5 Å². The summed E-state index contributed by atoms with van der Waals surface area (Å²) in [5.41, 5.74) is 5.19. The molecular formula is C36H41N7O4. The first-order chi connectivity index (χ1) is 22.9. The van der Waals surface area contributed by atoms with Gasteiger partial charge >= 0.3 is 0 Å². The molecule has 0 spiro atoms. The van der Waals surface area contributed by atoms with Crippen molar-refractivity contribution >= 4 is 28.1 Å². The van der Waals surface area contributed by atoms with Crippen molar-refractivity contribution in [2.45, 2.75) is 38.5 Å². The zero-order valence-electron chi connectivity index (χ0n) is 26.9. The van der Waals surface area contributed by atoms with Crippen molar-refractivity contribution in [2.24, 2.45) is 0 Å². The van der Waals surface area contributed by atoms with Crippen LogP contribution < -0.4 is 14.5 Å². The van der Waals surface area contributed by atoms with E-state index < -0.39 is 6.10 Å². The molecule has 3 aliphatic heterocycles. The summed E-state index contributed by atoms with van der Waals surface area (Å²) < 4.78 is 11.9. The van der Waals surface area contributed by atoms with Crippen LogP contribution in [0.2, 0.25) is 0 Å². The first-order valence-electron chi connectivity index (χ1n) is 16.3. The summed E-state index contributed by atoms with van der Waals surface area (Å²) >= 11 is 0. The second-order valence-electron chi connectivity index (χ2n) is 12.3. The van der Waals surface area contributed by atoms with Gasteiger partial charge in [0.1, 0.15) is 17.7 Å². The fraction of sp³-hybridized carbons (Fsp3) is 0.444. The Balaban J connectivity index is 1.41. The lowest BCUT2D eigenvalue weighted by molar-refractivity contribution is -0.128. The minimum absolute atomic E-state index is 0.162. The number of aliphatic hydroxyl groups excluding tert-OH is 1. The molecule has 3 aromatic rings. The standard InChI is InChI=1S/C36H41N7O4/c1-3-33(45)43-15-14-42(21-27(43)10-12-37)35-29-11-13-41(32-9-5-8-26-7-4-6-25(2)34(26)32)23-31(29)39-36(30(35)20-38)47-28(24-44)22-40-16-18-46-19-17-40/h3-9,27-28,44H,1,10-11,13-19,21-24H2,2H3. The summed E-state index contributed by atoms with van der Waals surface area (Å²) in [4.78, 5) is 26.0. The monoisotopic (exact) mass is 635 g/mol. The number of amides is 1. The summed E-state index contributed by atoms with van der Waals surface area (Å²) in [6.45, 7) is 11.3. The molecule has 4 heterocycles. The fourth-order valence-corrected chi connectivity index (χ4v) is 7.15. The SMILES string of the molecule is C=CC(=O)N1CCN(c2c(C#N)c(OC(CO)CN3CCOCC3)nc3c2CCN(c2cccc4cccc(C)c24)C3)CC1CC#N. The second-order valence-corrected chi connectivity index (χ2v) is 12.3. The highest BCUT2D eigenvalue weighted by Crippen LogP contribution is 2.40. The number of aliphatic hydroxyl groups is 1. The fourth-order valence-electron chi connectivity index (χ4n) is 7.15. The van der Waals surface area contributed by atoms with Crippen LogP contribution in [0, 0.1) is 29.6 Å². The van der Waals surface area contributed by atoms with Gasteiger partial charge in [0.05, 0.1) is 56.3 Å². The Morgan fingerprint density at radius 1 is 1.15 bits per heavy atom. The molecule has 3 aliphatic rings. The van der Waals surface area contributed by atoms with Gasteiger partial charge in [-0.05, 0) is 36.4 Å². The molecule has 0 aliphatic carbocycles. The molecule has 2 fully saturated rings. The van der Waals surface area contributed by atoms with Crippen molar-refractivity contribution in [1.82, 2.24) is 14.8 Å². The Kier molecular flexibility index (Phi) is 9.88. The van der Waals surface area contributed by atoms with E-state index in [0.717, 1.165) is 42.3 Å². The van der Waals surface area contributed by atoms with Crippen LogP contribution in [0.3, 0.4) is 0 Å². The van der Waals surface area contributed by atoms with E-state index in [9.17, 15) is 20.4 Å². The molecule has 0 saturated carbocycles. The molecule has 1 aromatic heterocycles. The lowest BCUT2D eigenvalue weighted by atomic mass is 9.95. The number of morpholine rings is 1. The zero-order valence-corrected chi connectivity index (χ0v) is 26.9. The smallest absolute Gasteiger partial charge is 0.246 e. The highest BCUT2D eigenvalue weighted by Gasteiger charge is 2.35. The van der Waals surface area contributed by atoms with Crippen molar-refractivity contribution in [3.8, 4) is 18.0 Å². The van der Waals surface area contributed by atoms with Crippen molar-refractivity contribution in [2.75, 3.05) is 75.4 Å². The van der Waals surface area contributed by atoms with E-state index in [-0.39, 0.29) is 30.9 Å². The second kappa shape index (κ2) is 14.4. The maximum atomic E-state index is 12.7. The average molecular weight is 636 g/mol. The van der Waals surface area contributed by atoms with Crippen LogP contribution >= 0.6 is 0 Å². The van der Waals surface area contributed by atoms with Crippen LogP contribution in [0.1, 0.15) is 28.8 Å². The Morgan fingerprint density at radius 3 is 2.66 bits per heavy atom. The number of carbonyl (C=O) groups excluding carboxylic acids is 1. The number of hydrogen-bond acceptors (Lipinski definition) is 10. The number of fused-ring (bicyclic) bond motifs is 2. The van der Waals surface area contributed by atoms with E-state index in [1.165, 1.54) is 22.4 Å². The lowest BCUT2D eigenvalue weighted by Crippen LogP contribution is -2.55. The van der Waals surface area contributed by atoms with Gasteiger partial charge in [0.2, 0.25) is 11.8 Å². The molecule has 11 nitrogen and oxygen atoms in total. The Bertz CT molecular complexity index is 1720.